The van der Waals surface area contributed by atoms with Gasteiger partial charge in [-0.15, -0.1) is 10.2 Å². The Morgan fingerprint density at radius 2 is 2.07 bits per heavy atom. The molecule has 0 atom stereocenters. The van der Waals surface area contributed by atoms with Crippen molar-refractivity contribution in [2.24, 2.45) is 0 Å². The highest BCUT2D eigenvalue weighted by molar-refractivity contribution is 9.11. The number of halogens is 2. The monoisotopic (exact) mass is 347 g/mol. The first kappa shape index (κ1) is 11.0. The van der Waals surface area contributed by atoms with Crippen molar-refractivity contribution in [3.63, 3.8) is 0 Å². The third-order valence-corrected chi connectivity index (χ3v) is 3.73. The van der Waals surface area contributed by atoms with E-state index in [1.165, 1.54) is 16.9 Å². The van der Waals surface area contributed by atoms with E-state index in [0.717, 1.165) is 19.2 Å². The summed E-state index contributed by atoms with van der Waals surface area (Å²) in [7, 11) is 0. The molecular weight excluding hydrogens is 342 g/mol. The van der Waals surface area contributed by atoms with E-state index in [9.17, 15) is 0 Å². The van der Waals surface area contributed by atoms with Crippen LogP contribution in [0, 0.1) is 6.92 Å². The number of nitrogens with one attached hydrogen (secondary N) is 1. The van der Waals surface area contributed by atoms with Crippen molar-refractivity contribution in [2.75, 3.05) is 5.32 Å². The van der Waals surface area contributed by atoms with Gasteiger partial charge < -0.3 is 5.32 Å². The molecule has 1 aromatic heterocycles. The number of nitrogens with zero attached hydrogens (tertiary/aromatic N) is 2. The molecule has 0 unspecified atom stereocenters. The van der Waals surface area contributed by atoms with E-state index in [1.807, 2.05) is 19.1 Å². The predicted octanol–water partition coefficient (Wildman–Crippen LogP) is 4.12. The summed E-state index contributed by atoms with van der Waals surface area (Å²) in [6.07, 6.45) is 0. The van der Waals surface area contributed by atoms with E-state index in [1.54, 1.807) is 0 Å². The number of benzene rings is 1. The summed E-state index contributed by atoms with van der Waals surface area (Å²) in [5.74, 6) is 0. The molecule has 1 aromatic carbocycles. The molecule has 6 heteroatoms. The van der Waals surface area contributed by atoms with Gasteiger partial charge in [0.1, 0.15) is 0 Å². The van der Waals surface area contributed by atoms with Gasteiger partial charge in [0, 0.05) is 4.47 Å². The van der Waals surface area contributed by atoms with Gasteiger partial charge in [-0.2, -0.15) is 0 Å². The summed E-state index contributed by atoms with van der Waals surface area (Å²) in [5.41, 5.74) is 2.20. The molecule has 2 rings (SSSR count). The maximum Gasteiger partial charge on any atom is 0.210 e. The van der Waals surface area contributed by atoms with Crippen molar-refractivity contribution in [3.05, 3.63) is 32.2 Å². The number of aryl methyl sites for hydroxylation is 1. The van der Waals surface area contributed by atoms with Crippen LogP contribution in [0.1, 0.15) is 5.56 Å². The minimum absolute atomic E-state index is 0.771. The van der Waals surface area contributed by atoms with Gasteiger partial charge >= 0.3 is 0 Å². The van der Waals surface area contributed by atoms with Gasteiger partial charge in [-0.1, -0.05) is 17.4 Å². The zero-order valence-electron chi connectivity index (χ0n) is 7.79. The van der Waals surface area contributed by atoms with E-state index in [0.29, 0.717) is 0 Å². The Kier molecular flexibility index (Phi) is 3.38. The summed E-state index contributed by atoms with van der Waals surface area (Å²) in [6, 6.07) is 6.11. The number of rotatable bonds is 2. The predicted molar refractivity (Wildman–Crippen MR) is 69.8 cm³/mol. The van der Waals surface area contributed by atoms with Crippen LogP contribution in [0.3, 0.4) is 0 Å². The molecule has 2 aromatic rings. The largest absolute Gasteiger partial charge is 0.329 e. The zero-order chi connectivity index (χ0) is 10.8. The molecule has 0 amide bonds. The van der Waals surface area contributed by atoms with E-state index in [2.05, 4.69) is 53.4 Å². The number of aromatic nitrogens is 2. The highest BCUT2D eigenvalue weighted by Gasteiger charge is 2.04. The molecule has 78 valence electrons. The normalized spacial score (nSPS) is 10.3. The zero-order valence-corrected chi connectivity index (χ0v) is 11.8. The molecule has 0 spiro atoms. The van der Waals surface area contributed by atoms with Gasteiger partial charge in [0.15, 0.2) is 3.92 Å². The van der Waals surface area contributed by atoms with Crippen LogP contribution in [0.15, 0.2) is 26.6 Å². The standard InChI is InChI=1S/C9H7Br2N3S/c1-5-2-3-6(10)7(4-5)12-9-14-13-8(11)15-9/h2-4H,1H3,(H,12,14). The van der Waals surface area contributed by atoms with E-state index >= 15 is 0 Å². The van der Waals surface area contributed by atoms with E-state index < -0.39 is 0 Å². The van der Waals surface area contributed by atoms with Crippen LogP contribution in [0.25, 0.3) is 0 Å². The Bertz CT molecular complexity index is 484. The fraction of sp³-hybridized carbons (Fsp3) is 0.111. The van der Waals surface area contributed by atoms with Crippen molar-refractivity contribution >= 4 is 54.0 Å². The van der Waals surface area contributed by atoms with Crippen molar-refractivity contribution in [1.29, 1.82) is 0 Å². The Morgan fingerprint density at radius 3 is 2.73 bits per heavy atom. The lowest BCUT2D eigenvalue weighted by molar-refractivity contribution is 1.07. The molecule has 0 fully saturated rings. The van der Waals surface area contributed by atoms with Crippen LogP contribution in [0.4, 0.5) is 10.8 Å². The summed E-state index contributed by atoms with van der Waals surface area (Å²) in [4.78, 5) is 0. The van der Waals surface area contributed by atoms with Crippen molar-refractivity contribution in [2.45, 2.75) is 6.92 Å². The lowest BCUT2D eigenvalue weighted by Crippen LogP contribution is -1.91. The van der Waals surface area contributed by atoms with Gasteiger partial charge in [0.2, 0.25) is 5.13 Å². The molecule has 0 aliphatic carbocycles. The fourth-order valence-corrected chi connectivity index (χ4v) is 2.47. The number of hydrogen-bond acceptors (Lipinski definition) is 4. The average Bonchev–Trinajstić information content (AvgIpc) is 2.58. The minimum atomic E-state index is 0.771. The smallest absolute Gasteiger partial charge is 0.210 e. The SMILES string of the molecule is Cc1ccc(Br)c(Nc2nnc(Br)s2)c1. The van der Waals surface area contributed by atoms with Gasteiger partial charge in [-0.05, 0) is 56.5 Å². The maximum atomic E-state index is 3.97. The lowest BCUT2D eigenvalue weighted by atomic mass is 10.2. The molecule has 15 heavy (non-hydrogen) atoms. The quantitative estimate of drug-likeness (QED) is 0.887. The first-order chi connectivity index (χ1) is 7.15. The third kappa shape index (κ3) is 2.76. The molecule has 0 bridgehead atoms. The molecule has 0 saturated carbocycles. The summed E-state index contributed by atoms with van der Waals surface area (Å²) in [5, 5.41) is 11.8. The summed E-state index contributed by atoms with van der Waals surface area (Å²) < 4.78 is 1.79. The summed E-state index contributed by atoms with van der Waals surface area (Å²) in [6.45, 7) is 2.05. The first-order valence-corrected chi connectivity index (χ1v) is 6.57. The van der Waals surface area contributed by atoms with Gasteiger partial charge in [-0.25, -0.2) is 0 Å². The van der Waals surface area contributed by atoms with Crippen LogP contribution >= 0.6 is 43.2 Å². The van der Waals surface area contributed by atoms with E-state index in [4.69, 9.17) is 0 Å². The van der Waals surface area contributed by atoms with Gasteiger partial charge in [0.05, 0.1) is 5.69 Å². The van der Waals surface area contributed by atoms with Gasteiger partial charge in [0.25, 0.3) is 0 Å². The second-order valence-electron chi connectivity index (χ2n) is 2.97. The summed E-state index contributed by atoms with van der Waals surface area (Å²) >= 11 is 8.21. The van der Waals surface area contributed by atoms with E-state index in [-0.39, 0.29) is 0 Å². The second-order valence-corrected chi connectivity index (χ2v) is 6.08. The molecule has 0 aliphatic heterocycles. The number of hydrogen-bond donors (Lipinski definition) is 1. The average molecular weight is 349 g/mol. The minimum Gasteiger partial charge on any atom is -0.329 e. The highest BCUT2D eigenvalue weighted by Crippen LogP contribution is 2.29. The van der Waals surface area contributed by atoms with Crippen LogP contribution in [-0.4, -0.2) is 10.2 Å². The Labute approximate surface area is 108 Å². The van der Waals surface area contributed by atoms with Crippen molar-refractivity contribution in [3.8, 4) is 0 Å². The Hall–Kier alpha value is -0.460. The lowest BCUT2D eigenvalue weighted by Gasteiger charge is -2.05. The van der Waals surface area contributed by atoms with Crippen LogP contribution in [-0.2, 0) is 0 Å². The first-order valence-electron chi connectivity index (χ1n) is 4.17. The Morgan fingerprint density at radius 1 is 1.27 bits per heavy atom. The molecule has 1 N–H and O–H groups in total. The van der Waals surface area contributed by atoms with Crippen molar-refractivity contribution < 1.29 is 0 Å². The molecule has 0 saturated heterocycles. The topological polar surface area (TPSA) is 37.8 Å². The van der Waals surface area contributed by atoms with Crippen LogP contribution < -0.4 is 5.32 Å². The third-order valence-electron chi connectivity index (χ3n) is 1.76. The molecule has 0 aliphatic rings. The molecule has 3 nitrogen and oxygen atoms in total. The Balaban J connectivity index is 2.27. The van der Waals surface area contributed by atoms with Crippen molar-refractivity contribution in [1.82, 2.24) is 10.2 Å². The van der Waals surface area contributed by atoms with Gasteiger partial charge in [-0.3, -0.25) is 0 Å². The van der Waals surface area contributed by atoms with Crippen LogP contribution in [0.2, 0.25) is 0 Å². The maximum absolute atomic E-state index is 3.97. The van der Waals surface area contributed by atoms with Crippen LogP contribution in [0.5, 0.6) is 0 Å². The fourth-order valence-electron chi connectivity index (χ4n) is 1.11. The molecule has 0 radical (unpaired) electrons. The molecular formula is C9H7Br2N3S. The highest BCUT2D eigenvalue weighted by atomic mass is 79.9. The second kappa shape index (κ2) is 4.59. The number of anilines is 2. The molecule has 1 heterocycles.